The first-order chi connectivity index (χ1) is 8.09. The molecule has 0 amide bonds. The lowest BCUT2D eigenvalue weighted by Gasteiger charge is -2.36. The van der Waals surface area contributed by atoms with Crippen LogP contribution in [0.3, 0.4) is 0 Å². The molecule has 0 spiro atoms. The predicted molar refractivity (Wildman–Crippen MR) is 68.0 cm³/mol. The summed E-state index contributed by atoms with van der Waals surface area (Å²) in [5.74, 6) is 2.51. The molecule has 0 radical (unpaired) electrons. The normalized spacial score (nSPS) is 30.6. The van der Waals surface area contributed by atoms with Gasteiger partial charge < -0.3 is 10.2 Å². The van der Waals surface area contributed by atoms with E-state index in [0.717, 1.165) is 43.0 Å². The maximum atomic E-state index is 4.34. The third kappa shape index (κ3) is 1.62. The molecule has 3 heterocycles. The monoisotopic (exact) mass is 232 g/mol. The summed E-state index contributed by atoms with van der Waals surface area (Å²) >= 11 is 0. The van der Waals surface area contributed by atoms with E-state index in [4.69, 9.17) is 0 Å². The van der Waals surface area contributed by atoms with Gasteiger partial charge >= 0.3 is 0 Å². The zero-order chi connectivity index (χ0) is 12.0. The molecule has 2 atom stereocenters. The second-order valence-corrected chi connectivity index (χ2v) is 5.82. The molecule has 3 rings (SSSR count). The minimum atomic E-state index is 0.179. The van der Waals surface area contributed by atoms with Gasteiger partial charge in [-0.1, -0.05) is 0 Å². The van der Waals surface area contributed by atoms with Gasteiger partial charge in [-0.05, 0) is 44.7 Å². The number of anilines is 1. The third-order valence-electron chi connectivity index (χ3n) is 4.42. The van der Waals surface area contributed by atoms with Gasteiger partial charge in [0.2, 0.25) is 0 Å². The molecule has 92 valence electrons. The van der Waals surface area contributed by atoms with Crippen LogP contribution >= 0.6 is 0 Å². The number of hydrogen-bond donors (Lipinski definition) is 1. The minimum Gasteiger partial charge on any atom is -0.349 e. The van der Waals surface area contributed by atoms with Crippen LogP contribution in [0, 0.1) is 18.8 Å². The summed E-state index contributed by atoms with van der Waals surface area (Å²) < 4.78 is 0. The van der Waals surface area contributed by atoms with Gasteiger partial charge in [0.05, 0.1) is 5.69 Å². The number of fused-ring (bicyclic) bond motifs is 1. The van der Waals surface area contributed by atoms with Crippen LogP contribution in [0.15, 0.2) is 12.1 Å². The summed E-state index contributed by atoms with van der Waals surface area (Å²) in [6, 6.07) is 4.14. The van der Waals surface area contributed by atoms with Crippen molar-refractivity contribution in [1.82, 2.24) is 15.5 Å². The number of aryl methyl sites for hydroxylation is 1. The lowest BCUT2D eigenvalue weighted by Crippen LogP contribution is -2.45. The van der Waals surface area contributed by atoms with E-state index in [1.807, 2.05) is 13.0 Å². The van der Waals surface area contributed by atoms with Crippen molar-refractivity contribution in [2.24, 2.45) is 11.8 Å². The van der Waals surface area contributed by atoms with E-state index in [0.29, 0.717) is 0 Å². The van der Waals surface area contributed by atoms with Crippen LogP contribution in [-0.4, -0.2) is 35.4 Å². The molecule has 17 heavy (non-hydrogen) atoms. The first-order valence-electron chi connectivity index (χ1n) is 6.38. The van der Waals surface area contributed by atoms with Gasteiger partial charge in [-0.3, -0.25) is 0 Å². The van der Waals surface area contributed by atoms with Crippen molar-refractivity contribution in [3.63, 3.8) is 0 Å². The van der Waals surface area contributed by atoms with Gasteiger partial charge in [-0.2, -0.15) is 5.10 Å². The topological polar surface area (TPSA) is 41.0 Å². The largest absolute Gasteiger partial charge is 0.349 e. The van der Waals surface area contributed by atoms with Crippen molar-refractivity contribution >= 4 is 5.82 Å². The molecular formula is C13H20N4. The smallest absolute Gasteiger partial charge is 0.151 e. The average Bonchev–Trinajstić information content (AvgIpc) is 2.83. The molecule has 2 aliphatic heterocycles. The van der Waals surface area contributed by atoms with Crippen molar-refractivity contribution in [3.05, 3.63) is 17.8 Å². The number of rotatable bonds is 1. The Morgan fingerprint density at radius 2 is 2.12 bits per heavy atom. The lowest BCUT2D eigenvalue weighted by molar-refractivity contribution is 0.355. The molecule has 1 aromatic rings. The molecule has 0 bridgehead atoms. The van der Waals surface area contributed by atoms with Gasteiger partial charge in [-0.25, -0.2) is 0 Å². The molecule has 2 unspecified atom stereocenters. The Balaban J connectivity index is 1.91. The maximum absolute atomic E-state index is 4.34. The van der Waals surface area contributed by atoms with Crippen molar-refractivity contribution < 1.29 is 0 Å². The van der Waals surface area contributed by atoms with E-state index in [-0.39, 0.29) is 5.54 Å². The van der Waals surface area contributed by atoms with E-state index in [1.54, 1.807) is 0 Å². The van der Waals surface area contributed by atoms with E-state index in [1.165, 1.54) is 0 Å². The molecule has 4 heteroatoms. The molecule has 2 aliphatic rings. The fourth-order valence-electron chi connectivity index (χ4n) is 3.35. The fraction of sp³-hybridized carbons (Fsp3) is 0.692. The Hall–Kier alpha value is -1.16. The van der Waals surface area contributed by atoms with Crippen LogP contribution in [0.5, 0.6) is 0 Å². The highest BCUT2D eigenvalue weighted by Crippen LogP contribution is 2.42. The summed E-state index contributed by atoms with van der Waals surface area (Å²) in [4.78, 5) is 2.43. The summed E-state index contributed by atoms with van der Waals surface area (Å²) in [5, 5.41) is 12.0. The van der Waals surface area contributed by atoms with Crippen LogP contribution < -0.4 is 10.2 Å². The van der Waals surface area contributed by atoms with E-state index in [2.05, 4.69) is 40.3 Å². The van der Waals surface area contributed by atoms with Gasteiger partial charge in [0.1, 0.15) is 0 Å². The molecule has 0 saturated carbocycles. The SMILES string of the molecule is Cc1ccc(N2CC3CNCC3C2(C)C)nn1. The second kappa shape index (κ2) is 3.67. The van der Waals surface area contributed by atoms with Crippen molar-refractivity contribution in [3.8, 4) is 0 Å². The summed E-state index contributed by atoms with van der Waals surface area (Å²) in [6.45, 7) is 10.0. The van der Waals surface area contributed by atoms with Crippen molar-refractivity contribution in [2.45, 2.75) is 26.3 Å². The predicted octanol–water partition coefficient (Wildman–Crippen LogP) is 1.22. The maximum Gasteiger partial charge on any atom is 0.151 e. The van der Waals surface area contributed by atoms with Crippen molar-refractivity contribution in [2.75, 3.05) is 24.5 Å². The van der Waals surface area contributed by atoms with E-state index < -0.39 is 0 Å². The molecule has 2 fully saturated rings. The van der Waals surface area contributed by atoms with Crippen LogP contribution in [0.4, 0.5) is 5.82 Å². The molecule has 1 aromatic heterocycles. The first-order valence-corrected chi connectivity index (χ1v) is 6.38. The van der Waals surface area contributed by atoms with Crippen LogP contribution in [0.25, 0.3) is 0 Å². The number of hydrogen-bond acceptors (Lipinski definition) is 4. The zero-order valence-corrected chi connectivity index (χ0v) is 10.8. The molecule has 4 nitrogen and oxygen atoms in total. The van der Waals surface area contributed by atoms with E-state index in [9.17, 15) is 0 Å². The summed E-state index contributed by atoms with van der Waals surface area (Å²) in [5.41, 5.74) is 1.16. The van der Waals surface area contributed by atoms with Gasteiger partial charge in [0.25, 0.3) is 0 Å². The molecule has 0 aliphatic carbocycles. The Labute approximate surface area is 102 Å². The molecule has 0 aromatic carbocycles. The van der Waals surface area contributed by atoms with Crippen LogP contribution in [0.1, 0.15) is 19.5 Å². The summed E-state index contributed by atoms with van der Waals surface area (Å²) in [6.07, 6.45) is 0. The third-order valence-corrected chi connectivity index (χ3v) is 4.42. The number of nitrogens with zero attached hydrogens (tertiary/aromatic N) is 3. The quantitative estimate of drug-likeness (QED) is 0.790. The van der Waals surface area contributed by atoms with Gasteiger partial charge in [0.15, 0.2) is 5.82 Å². The molecule has 2 saturated heterocycles. The van der Waals surface area contributed by atoms with Crippen LogP contribution in [0.2, 0.25) is 0 Å². The Morgan fingerprint density at radius 3 is 2.76 bits per heavy atom. The Morgan fingerprint density at radius 1 is 1.29 bits per heavy atom. The molecule has 1 N–H and O–H groups in total. The Kier molecular flexibility index (Phi) is 2.36. The van der Waals surface area contributed by atoms with E-state index >= 15 is 0 Å². The van der Waals surface area contributed by atoms with Gasteiger partial charge in [-0.15, -0.1) is 5.10 Å². The standard InChI is InChI=1S/C13H20N4/c1-9-4-5-12(16-15-9)17-8-10-6-14-7-11(10)13(17,2)3/h4-5,10-11,14H,6-8H2,1-3H3. The van der Waals surface area contributed by atoms with Gasteiger partial charge in [0, 0.05) is 25.2 Å². The second-order valence-electron chi connectivity index (χ2n) is 5.82. The molecular weight excluding hydrogens is 212 g/mol. The lowest BCUT2D eigenvalue weighted by atomic mass is 9.85. The van der Waals surface area contributed by atoms with Crippen LogP contribution in [-0.2, 0) is 0 Å². The fourth-order valence-corrected chi connectivity index (χ4v) is 3.35. The van der Waals surface area contributed by atoms with Crippen molar-refractivity contribution in [1.29, 1.82) is 0 Å². The minimum absolute atomic E-state index is 0.179. The summed E-state index contributed by atoms with van der Waals surface area (Å²) in [7, 11) is 0. The highest BCUT2D eigenvalue weighted by molar-refractivity contribution is 5.44. The first kappa shape index (κ1) is 11.0. The Bertz CT molecular complexity index is 412. The highest BCUT2D eigenvalue weighted by atomic mass is 15.3. The average molecular weight is 232 g/mol. The number of aromatic nitrogens is 2. The number of nitrogens with one attached hydrogen (secondary N) is 1. The zero-order valence-electron chi connectivity index (χ0n) is 10.8. The highest BCUT2D eigenvalue weighted by Gasteiger charge is 2.49.